The van der Waals surface area contributed by atoms with Crippen LogP contribution >= 0.6 is 11.3 Å². The standard InChI is InChI=1S/C11H10N4S/c1-11(7-12,9-5-3-2-4-6-9)14-10-15-13-8-16-10/h2-6,8H,1H3,(H,14,15). The third kappa shape index (κ3) is 2.02. The molecule has 1 heterocycles. The molecule has 0 saturated carbocycles. The monoisotopic (exact) mass is 230 g/mol. The van der Waals surface area contributed by atoms with Crippen molar-refractivity contribution in [3.63, 3.8) is 0 Å². The fourth-order valence-corrected chi connectivity index (χ4v) is 1.93. The summed E-state index contributed by atoms with van der Waals surface area (Å²) in [5, 5.41) is 20.6. The first-order chi connectivity index (χ1) is 7.74. The molecule has 5 heteroatoms. The van der Waals surface area contributed by atoms with Crippen LogP contribution in [0.4, 0.5) is 5.13 Å². The van der Waals surface area contributed by atoms with Crippen molar-refractivity contribution in [2.45, 2.75) is 12.5 Å². The summed E-state index contributed by atoms with van der Waals surface area (Å²) in [5.41, 5.74) is 1.76. The van der Waals surface area contributed by atoms with Gasteiger partial charge in [0.25, 0.3) is 0 Å². The second kappa shape index (κ2) is 4.29. The van der Waals surface area contributed by atoms with Crippen LogP contribution in [-0.4, -0.2) is 10.2 Å². The number of nitrogens with one attached hydrogen (secondary N) is 1. The van der Waals surface area contributed by atoms with Crippen molar-refractivity contribution in [3.8, 4) is 6.07 Å². The van der Waals surface area contributed by atoms with Gasteiger partial charge in [-0.2, -0.15) is 5.26 Å². The van der Waals surface area contributed by atoms with E-state index in [9.17, 15) is 5.26 Å². The van der Waals surface area contributed by atoms with Gasteiger partial charge in [0.2, 0.25) is 5.13 Å². The van der Waals surface area contributed by atoms with Crippen molar-refractivity contribution in [1.82, 2.24) is 10.2 Å². The van der Waals surface area contributed by atoms with Crippen LogP contribution in [0.1, 0.15) is 12.5 Å². The van der Waals surface area contributed by atoms with Crippen LogP contribution in [0.2, 0.25) is 0 Å². The fraction of sp³-hybridized carbons (Fsp3) is 0.182. The van der Waals surface area contributed by atoms with Crippen LogP contribution < -0.4 is 5.32 Å². The zero-order chi connectivity index (χ0) is 11.4. The van der Waals surface area contributed by atoms with Gasteiger partial charge in [0.05, 0.1) is 6.07 Å². The Bertz CT molecular complexity index is 488. The molecule has 1 N–H and O–H groups in total. The molecule has 0 amide bonds. The lowest BCUT2D eigenvalue weighted by molar-refractivity contribution is 0.703. The summed E-state index contributed by atoms with van der Waals surface area (Å²) in [6.45, 7) is 1.82. The number of anilines is 1. The molecule has 0 fully saturated rings. The first-order valence-electron chi connectivity index (χ1n) is 4.76. The predicted molar refractivity (Wildman–Crippen MR) is 62.9 cm³/mol. The molecule has 2 aromatic rings. The molecule has 0 saturated heterocycles. The Morgan fingerprint density at radius 2 is 2.12 bits per heavy atom. The summed E-state index contributed by atoms with van der Waals surface area (Å²) < 4.78 is 0. The van der Waals surface area contributed by atoms with Gasteiger partial charge in [0, 0.05) is 0 Å². The topological polar surface area (TPSA) is 61.6 Å². The average molecular weight is 230 g/mol. The average Bonchev–Trinajstić information content (AvgIpc) is 2.83. The minimum Gasteiger partial charge on any atom is -0.338 e. The Balaban J connectivity index is 2.31. The van der Waals surface area contributed by atoms with Gasteiger partial charge in [-0.05, 0) is 12.5 Å². The number of aromatic nitrogens is 2. The van der Waals surface area contributed by atoms with E-state index in [0.29, 0.717) is 5.13 Å². The molecule has 1 aromatic heterocycles. The number of hydrogen-bond donors (Lipinski definition) is 1. The van der Waals surface area contributed by atoms with Crippen LogP contribution in [0, 0.1) is 11.3 Å². The van der Waals surface area contributed by atoms with E-state index >= 15 is 0 Å². The molecule has 1 unspecified atom stereocenters. The number of rotatable bonds is 3. The largest absolute Gasteiger partial charge is 0.338 e. The predicted octanol–water partition coefficient (Wildman–Crippen LogP) is 2.39. The highest BCUT2D eigenvalue weighted by Crippen LogP contribution is 2.25. The molecule has 0 spiro atoms. The van der Waals surface area contributed by atoms with Gasteiger partial charge < -0.3 is 5.32 Å². The molecule has 1 aromatic carbocycles. The molecule has 0 aliphatic rings. The molecule has 2 rings (SSSR count). The molecular formula is C11H10N4S. The maximum Gasteiger partial charge on any atom is 0.206 e. The van der Waals surface area contributed by atoms with Crippen molar-refractivity contribution in [3.05, 3.63) is 41.4 Å². The SMILES string of the molecule is CC(C#N)(Nc1nncs1)c1ccccc1. The Morgan fingerprint density at radius 3 is 2.69 bits per heavy atom. The summed E-state index contributed by atoms with van der Waals surface area (Å²) >= 11 is 1.38. The zero-order valence-electron chi connectivity index (χ0n) is 8.71. The molecule has 0 bridgehead atoms. The molecule has 80 valence electrons. The van der Waals surface area contributed by atoms with Crippen molar-refractivity contribution in [1.29, 1.82) is 5.26 Å². The van der Waals surface area contributed by atoms with Crippen LogP contribution in [0.15, 0.2) is 35.8 Å². The van der Waals surface area contributed by atoms with E-state index in [-0.39, 0.29) is 0 Å². The minimum atomic E-state index is -0.777. The summed E-state index contributed by atoms with van der Waals surface area (Å²) in [5.74, 6) is 0. The summed E-state index contributed by atoms with van der Waals surface area (Å²) in [7, 11) is 0. The van der Waals surface area contributed by atoms with E-state index in [1.165, 1.54) is 11.3 Å². The zero-order valence-corrected chi connectivity index (χ0v) is 9.53. The van der Waals surface area contributed by atoms with Gasteiger partial charge in [-0.3, -0.25) is 0 Å². The van der Waals surface area contributed by atoms with E-state index < -0.39 is 5.54 Å². The summed E-state index contributed by atoms with van der Waals surface area (Å²) in [6.07, 6.45) is 0. The number of nitrogens with zero attached hydrogens (tertiary/aromatic N) is 3. The highest BCUT2D eigenvalue weighted by Gasteiger charge is 2.26. The number of hydrogen-bond acceptors (Lipinski definition) is 5. The van der Waals surface area contributed by atoms with E-state index in [2.05, 4.69) is 21.6 Å². The van der Waals surface area contributed by atoms with Crippen molar-refractivity contribution >= 4 is 16.5 Å². The molecule has 0 aliphatic heterocycles. The van der Waals surface area contributed by atoms with Gasteiger partial charge in [0.15, 0.2) is 0 Å². The third-order valence-electron chi connectivity index (χ3n) is 2.29. The first kappa shape index (κ1) is 10.6. The normalized spacial score (nSPS) is 13.8. The lowest BCUT2D eigenvalue weighted by Gasteiger charge is -2.22. The molecule has 1 atom stereocenters. The Labute approximate surface area is 97.6 Å². The maximum atomic E-state index is 9.28. The second-order valence-electron chi connectivity index (χ2n) is 3.47. The molecule has 0 aliphatic carbocycles. The molecule has 16 heavy (non-hydrogen) atoms. The van der Waals surface area contributed by atoms with Crippen LogP contribution in [0.3, 0.4) is 0 Å². The van der Waals surface area contributed by atoms with E-state index in [1.54, 1.807) is 5.51 Å². The quantitative estimate of drug-likeness (QED) is 0.879. The Morgan fingerprint density at radius 1 is 1.38 bits per heavy atom. The molecular weight excluding hydrogens is 220 g/mol. The summed E-state index contributed by atoms with van der Waals surface area (Å²) in [4.78, 5) is 0. The summed E-state index contributed by atoms with van der Waals surface area (Å²) in [6, 6.07) is 11.8. The van der Waals surface area contributed by atoms with Crippen molar-refractivity contribution < 1.29 is 0 Å². The smallest absolute Gasteiger partial charge is 0.206 e. The van der Waals surface area contributed by atoms with Gasteiger partial charge in [-0.1, -0.05) is 41.7 Å². The van der Waals surface area contributed by atoms with Gasteiger partial charge in [0.1, 0.15) is 11.0 Å². The minimum absolute atomic E-state index is 0.646. The molecule has 4 nitrogen and oxygen atoms in total. The lowest BCUT2D eigenvalue weighted by Crippen LogP contribution is -2.29. The van der Waals surface area contributed by atoms with Crippen LogP contribution in [-0.2, 0) is 5.54 Å². The van der Waals surface area contributed by atoms with Crippen LogP contribution in [0.25, 0.3) is 0 Å². The van der Waals surface area contributed by atoms with Crippen LogP contribution in [0.5, 0.6) is 0 Å². The van der Waals surface area contributed by atoms with Gasteiger partial charge >= 0.3 is 0 Å². The number of nitriles is 1. The number of benzene rings is 1. The second-order valence-corrected chi connectivity index (χ2v) is 4.30. The first-order valence-corrected chi connectivity index (χ1v) is 5.64. The van der Waals surface area contributed by atoms with Crippen molar-refractivity contribution in [2.75, 3.05) is 5.32 Å². The Hall–Kier alpha value is -1.93. The van der Waals surface area contributed by atoms with Crippen molar-refractivity contribution in [2.24, 2.45) is 0 Å². The maximum absolute atomic E-state index is 9.28. The van der Waals surface area contributed by atoms with E-state index in [4.69, 9.17) is 0 Å². The highest BCUT2D eigenvalue weighted by atomic mass is 32.1. The highest BCUT2D eigenvalue weighted by molar-refractivity contribution is 7.13. The van der Waals surface area contributed by atoms with E-state index in [1.807, 2.05) is 37.3 Å². The third-order valence-corrected chi connectivity index (χ3v) is 2.90. The van der Waals surface area contributed by atoms with E-state index in [0.717, 1.165) is 5.56 Å². The Kier molecular flexibility index (Phi) is 2.84. The lowest BCUT2D eigenvalue weighted by atomic mass is 9.94. The van der Waals surface area contributed by atoms with Gasteiger partial charge in [-0.15, -0.1) is 10.2 Å². The fourth-order valence-electron chi connectivity index (χ4n) is 1.38. The van der Waals surface area contributed by atoms with Gasteiger partial charge in [-0.25, -0.2) is 0 Å². The molecule has 0 radical (unpaired) electrons.